The van der Waals surface area contributed by atoms with Gasteiger partial charge in [-0.15, -0.1) is 0 Å². The van der Waals surface area contributed by atoms with Crippen molar-refractivity contribution >= 4 is 43.8 Å². The minimum atomic E-state index is -3.77. The Hall–Kier alpha value is -5.07. The third-order valence-electron chi connectivity index (χ3n) is 7.19. The average Bonchev–Trinajstić information content (AvgIpc) is 3.62. The number of fused-ring (bicyclic) bond motifs is 2. The number of nitrogens with zero attached hydrogens (tertiary/aromatic N) is 3. The lowest BCUT2D eigenvalue weighted by atomic mass is 9.97. The van der Waals surface area contributed by atoms with Gasteiger partial charge in [-0.05, 0) is 73.1 Å². The smallest absolute Gasteiger partial charge is 0.255 e. The first-order chi connectivity index (χ1) is 21.2. The topological polar surface area (TPSA) is 145 Å². The standard InChI is InChI=1S/C32H28FN5O5S/c1-35-31(39)28-24-17-23(20-6-3-7-21(16-20)32-37-30-26(43-32)8-4-14-36-30)25(38(15-5-13-34)44(2,40)41)18-27(24)42-29(28)19-9-11-22(33)12-10-19/h3-4,6-12,14,16-18H,5,13,15,34H2,1-2H3,(H,35,39). The molecule has 0 radical (unpaired) electrons. The first-order valence-corrected chi connectivity index (χ1v) is 15.6. The number of aromatic nitrogens is 2. The fourth-order valence-electron chi connectivity index (χ4n) is 5.14. The Bertz CT molecular complexity index is 2090. The number of furan rings is 1. The predicted octanol–water partition coefficient (Wildman–Crippen LogP) is 5.58. The van der Waals surface area contributed by atoms with Crippen LogP contribution in [-0.2, 0) is 10.0 Å². The lowest BCUT2D eigenvalue weighted by molar-refractivity contribution is 0.0964. The average molecular weight is 614 g/mol. The zero-order chi connectivity index (χ0) is 31.0. The van der Waals surface area contributed by atoms with E-state index in [-0.39, 0.29) is 30.0 Å². The van der Waals surface area contributed by atoms with Gasteiger partial charge in [-0.1, -0.05) is 12.1 Å². The molecule has 6 rings (SSSR count). The zero-order valence-corrected chi connectivity index (χ0v) is 24.7. The Labute approximate surface area is 252 Å². The van der Waals surface area contributed by atoms with Crippen LogP contribution in [0, 0.1) is 5.82 Å². The maximum absolute atomic E-state index is 13.7. The van der Waals surface area contributed by atoms with Gasteiger partial charge in [0, 0.05) is 47.9 Å². The molecule has 12 heteroatoms. The van der Waals surface area contributed by atoms with Gasteiger partial charge in [0.2, 0.25) is 15.9 Å². The van der Waals surface area contributed by atoms with Crippen molar-refractivity contribution in [2.75, 3.05) is 30.7 Å². The minimum absolute atomic E-state index is 0.123. The summed E-state index contributed by atoms with van der Waals surface area (Å²) in [6.45, 7) is 0.402. The molecule has 44 heavy (non-hydrogen) atoms. The lowest BCUT2D eigenvalue weighted by Gasteiger charge is -2.25. The molecule has 0 atom stereocenters. The van der Waals surface area contributed by atoms with Crippen molar-refractivity contribution in [3.63, 3.8) is 0 Å². The molecule has 3 aromatic carbocycles. The monoisotopic (exact) mass is 613 g/mol. The van der Waals surface area contributed by atoms with Crippen LogP contribution < -0.4 is 15.4 Å². The Morgan fingerprint density at radius 2 is 1.75 bits per heavy atom. The molecule has 0 saturated heterocycles. The van der Waals surface area contributed by atoms with E-state index < -0.39 is 21.7 Å². The normalized spacial score (nSPS) is 11.7. The van der Waals surface area contributed by atoms with E-state index in [0.29, 0.717) is 56.9 Å². The Morgan fingerprint density at radius 1 is 0.977 bits per heavy atom. The van der Waals surface area contributed by atoms with Crippen molar-refractivity contribution in [3.8, 4) is 33.9 Å². The summed E-state index contributed by atoms with van der Waals surface area (Å²) in [7, 11) is -2.27. The molecule has 0 aliphatic rings. The largest absolute Gasteiger partial charge is 0.455 e. The van der Waals surface area contributed by atoms with Gasteiger partial charge >= 0.3 is 0 Å². The van der Waals surface area contributed by atoms with Gasteiger partial charge in [0.15, 0.2) is 11.2 Å². The number of rotatable bonds is 9. The number of oxazole rings is 1. The fraction of sp³-hybridized carbons (Fsp3) is 0.156. The highest BCUT2D eigenvalue weighted by Gasteiger charge is 2.27. The van der Waals surface area contributed by atoms with Crippen LogP contribution >= 0.6 is 0 Å². The first kappa shape index (κ1) is 29.0. The van der Waals surface area contributed by atoms with E-state index in [0.717, 1.165) is 6.26 Å². The molecular formula is C32H28FN5O5S. The van der Waals surface area contributed by atoms with E-state index in [4.69, 9.17) is 14.6 Å². The molecule has 0 bridgehead atoms. The zero-order valence-electron chi connectivity index (χ0n) is 23.9. The molecular weight excluding hydrogens is 585 g/mol. The summed E-state index contributed by atoms with van der Waals surface area (Å²) in [4.78, 5) is 22.0. The van der Waals surface area contributed by atoms with Gasteiger partial charge in [0.05, 0.1) is 17.5 Å². The number of carbonyl (C=O) groups excluding carboxylic acids is 1. The van der Waals surface area contributed by atoms with E-state index >= 15 is 0 Å². The second-order valence-electron chi connectivity index (χ2n) is 10.2. The third-order valence-corrected chi connectivity index (χ3v) is 8.37. The van der Waals surface area contributed by atoms with Crippen LogP contribution in [0.4, 0.5) is 10.1 Å². The van der Waals surface area contributed by atoms with Crippen molar-refractivity contribution < 1.29 is 26.4 Å². The SMILES string of the molecule is CNC(=O)c1c(-c2ccc(F)cc2)oc2cc(N(CCCN)S(C)(=O)=O)c(-c3cccc(-c4nc5ncccc5o4)c3)cc12. The number of nitrogens with one attached hydrogen (secondary N) is 1. The van der Waals surface area contributed by atoms with Crippen LogP contribution in [-0.4, -0.2) is 50.7 Å². The molecule has 224 valence electrons. The number of halogens is 1. The predicted molar refractivity (Wildman–Crippen MR) is 167 cm³/mol. The summed E-state index contributed by atoms with van der Waals surface area (Å²) >= 11 is 0. The van der Waals surface area contributed by atoms with E-state index in [2.05, 4.69) is 15.3 Å². The van der Waals surface area contributed by atoms with Crippen LogP contribution in [0.5, 0.6) is 0 Å². The lowest BCUT2D eigenvalue weighted by Crippen LogP contribution is -2.32. The molecule has 0 aliphatic heterocycles. The third kappa shape index (κ3) is 5.40. The molecule has 10 nitrogen and oxygen atoms in total. The van der Waals surface area contributed by atoms with Crippen molar-refractivity contribution in [1.29, 1.82) is 0 Å². The van der Waals surface area contributed by atoms with Crippen LogP contribution in [0.1, 0.15) is 16.8 Å². The second kappa shape index (κ2) is 11.5. The van der Waals surface area contributed by atoms with Crippen LogP contribution in [0.25, 0.3) is 56.1 Å². The van der Waals surface area contributed by atoms with Crippen LogP contribution in [0.15, 0.2) is 87.8 Å². The number of pyridine rings is 1. The summed E-state index contributed by atoms with van der Waals surface area (Å²) in [5, 5.41) is 3.10. The molecule has 3 aromatic heterocycles. The van der Waals surface area contributed by atoms with Gasteiger partial charge in [-0.25, -0.2) is 17.8 Å². The summed E-state index contributed by atoms with van der Waals surface area (Å²) < 4.78 is 53.5. The molecule has 1 amide bonds. The van der Waals surface area contributed by atoms with Crippen molar-refractivity contribution in [3.05, 3.63) is 90.4 Å². The Balaban J connectivity index is 1.62. The second-order valence-corrected chi connectivity index (χ2v) is 12.1. The van der Waals surface area contributed by atoms with Gasteiger partial charge in [0.1, 0.15) is 17.2 Å². The van der Waals surface area contributed by atoms with Crippen molar-refractivity contribution in [2.45, 2.75) is 6.42 Å². The van der Waals surface area contributed by atoms with Crippen LogP contribution in [0.3, 0.4) is 0 Å². The maximum atomic E-state index is 13.7. The highest BCUT2D eigenvalue weighted by atomic mass is 32.2. The summed E-state index contributed by atoms with van der Waals surface area (Å²) in [5.74, 6) is -0.283. The molecule has 3 N–H and O–H groups in total. The number of amides is 1. The summed E-state index contributed by atoms with van der Waals surface area (Å²) in [6.07, 6.45) is 3.16. The van der Waals surface area contributed by atoms with Gasteiger partial charge < -0.3 is 19.9 Å². The van der Waals surface area contributed by atoms with E-state index in [9.17, 15) is 17.6 Å². The highest BCUT2D eigenvalue weighted by Crippen LogP contribution is 2.42. The highest BCUT2D eigenvalue weighted by molar-refractivity contribution is 7.92. The van der Waals surface area contributed by atoms with Gasteiger partial charge in [0.25, 0.3) is 5.91 Å². The quantitative estimate of drug-likeness (QED) is 0.215. The number of sulfonamides is 1. The molecule has 0 spiro atoms. The van der Waals surface area contributed by atoms with E-state index in [1.54, 1.807) is 30.5 Å². The number of nitrogens with two attached hydrogens (primary N) is 1. The summed E-state index contributed by atoms with van der Waals surface area (Å²) in [6, 6.07) is 19.8. The number of hydrogen-bond donors (Lipinski definition) is 2. The number of carbonyl (C=O) groups is 1. The molecule has 0 fully saturated rings. The first-order valence-electron chi connectivity index (χ1n) is 13.8. The maximum Gasteiger partial charge on any atom is 0.255 e. The number of hydrogen-bond acceptors (Lipinski definition) is 8. The van der Waals surface area contributed by atoms with E-state index in [1.165, 1.54) is 35.6 Å². The molecule has 6 aromatic rings. The Morgan fingerprint density at radius 3 is 2.45 bits per heavy atom. The molecule has 0 aliphatic carbocycles. The number of benzene rings is 3. The summed E-state index contributed by atoms with van der Waals surface area (Å²) in [5.41, 5.74) is 9.90. The van der Waals surface area contributed by atoms with Crippen LogP contribution in [0.2, 0.25) is 0 Å². The minimum Gasteiger partial charge on any atom is -0.455 e. The molecule has 0 saturated carbocycles. The fourth-order valence-corrected chi connectivity index (χ4v) is 6.11. The number of anilines is 1. The van der Waals surface area contributed by atoms with Crippen molar-refractivity contribution in [2.24, 2.45) is 5.73 Å². The van der Waals surface area contributed by atoms with Crippen molar-refractivity contribution in [1.82, 2.24) is 15.3 Å². The molecule has 0 unspecified atom stereocenters. The Kier molecular flexibility index (Phi) is 7.62. The van der Waals surface area contributed by atoms with Gasteiger partial charge in [-0.2, -0.15) is 4.98 Å². The molecule has 3 heterocycles. The van der Waals surface area contributed by atoms with E-state index in [1.807, 2.05) is 24.3 Å². The van der Waals surface area contributed by atoms with Gasteiger partial charge in [-0.3, -0.25) is 9.10 Å².